The van der Waals surface area contributed by atoms with Gasteiger partial charge in [-0.15, -0.1) is 0 Å². The lowest BCUT2D eigenvalue weighted by molar-refractivity contribution is 1.08. The fourth-order valence-corrected chi connectivity index (χ4v) is 5.46. The second-order valence-corrected chi connectivity index (χ2v) is 6.71. The zero-order valence-corrected chi connectivity index (χ0v) is 10.7. The van der Waals surface area contributed by atoms with Gasteiger partial charge in [0.15, 0.2) is 0 Å². The maximum absolute atomic E-state index is 2.48. The van der Waals surface area contributed by atoms with Crippen LogP contribution in [-0.2, 0) is 0 Å². The van der Waals surface area contributed by atoms with Crippen molar-refractivity contribution in [2.75, 3.05) is 0 Å². The van der Waals surface area contributed by atoms with Crippen LogP contribution in [-0.4, -0.2) is 8.80 Å². The van der Waals surface area contributed by atoms with E-state index in [2.05, 4.69) is 56.0 Å². The lowest BCUT2D eigenvalue weighted by Crippen LogP contribution is -2.29. The van der Waals surface area contributed by atoms with Crippen LogP contribution in [0.3, 0.4) is 0 Å². The largest absolute Gasteiger partial charge is 0.121 e. The summed E-state index contributed by atoms with van der Waals surface area (Å²) in [5.41, 5.74) is 4.07. The summed E-state index contributed by atoms with van der Waals surface area (Å²) in [6, 6.07) is 11.0. The molecular weight excluding hydrogens is 196 g/mol. The molecule has 0 N–H and O–H groups in total. The molecular formula is C14H18Si. The summed E-state index contributed by atoms with van der Waals surface area (Å²) in [6.07, 6.45) is 4.78. The van der Waals surface area contributed by atoms with Crippen molar-refractivity contribution in [3.8, 4) is 0 Å². The van der Waals surface area contributed by atoms with Gasteiger partial charge in [0, 0.05) is 0 Å². The SMILES string of the molecule is CCC1=C(CC)[SiH](c2ccccc2)C=C1. The van der Waals surface area contributed by atoms with Gasteiger partial charge in [0.2, 0.25) is 0 Å². The molecule has 0 bridgehead atoms. The van der Waals surface area contributed by atoms with Crippen molar-refractivity contribution >= 4 is 14.0 Å². The topological polar surface area (TPSA) is 0 Å². The van der Waals surface area contributed by atoms with E-state index < -0.39 is 8.80 Å². The number of hydrogen-bond acceptors (Lipinski definition) is 0. The summed E-state index contributed by atoms with van der Waals surface area (Å²) < 4.78 is 0. The maximum atomic E-state index is 2.48. The van der Waals surface area contributed by atoms with Crippen molar-refractivity contribution in [2.24, 2.45) is 0 Å². The number of benzene rings is 1. The smallest absolute Gasteiger partial charge is 0.0888 e. The molecule has 0 spiro atoms. The van der Waals surface area contributed by atoms with Crippen LogP contribution < -0.4 is 5.19 Å². The number of allylic oxidation sites excluding steroid dienone is 3. The molecule has 1 aliphatic rings. The normalized spacial score (nSPS) is 20.0. The van der Waals surface area contributed by atoms with Crippen LogP contribution in [0.2, 0.25) is 0 Å². The van der Waals surface area contributed by atoms with Gasteiger partial charge < -0.3 is 0 Å². The van der Waals surface area contributed by atoms with Gasteiger partial charge in [-0.1, -0.05) is 71.9 Å². The zero-order valence-electron chi connectivity index (χ0n) is 9.53. The summed E-state index contributed by atoms with van der Waals surface area (Å²) in [4.78, 5) is 0. The molecule has 1 atom stereocenters. The highest BCUT2D eigenvalue weighted by molar-refractivity contribution is 6.85. The van der Waals surface area contributed by atoms with Crippen LogP contribution in [0.25, 0.3) is 0 Å². The predicted molar refractivity (Wildman–Crippen MR) is 70.0 cm³/mol. The first-order valence-corrected chi connectivity index (χ1v) is 7.64. The molecule has 0 saturated heterocycles. The van der Waals surface area contributed by atoms with Gasteiger partial charge in [0.05, 0.1) is 0 Å². The summed E-state index contributed by atoms with van der Waals surface area (Å²) >= 11 is 0. The summed E-state index contributed by atoms with van der Waals surface area (Å²) in [7, 11) is -0.931. The molecule has 1 aromatic carbocycles. The van der Waals surface area contributed by atoms with Gasteiger partial charge in [-0.2, -0.15) is 0 Å². The molecule has 78 valence electrons. The molecule has 1 heteroatoms. The average Bonchev–Trinajstić information content (AvgIpc) is 2.72. The lowest BCUT2D eigenvalue weighted by atomic mass is 10.2. The molecule has 0 saturated carbocycles. The summed E-state index contributed by atoms with van der Waals surface area (Å²) in [5.74, 6) is 0. The number of hydrogen-bond donors (Lipinski definition) is 0. The molecule has 0 amide bonds. The van der Waals surface area contributed by atoms with Gasteiger partial charge in [-0.25, -0.2) is 0 Å². The zero-order chi connectivity index (χ0) is 10.7. The minimum absolute atomic E-state index is 0.931. The minimum atomic E-state index is -0.931. The van der Waals surface area contributed by atoms with Crippen LogP contribution in [0.1, 0.15) is 26.7 Å². The Morgan fingerprint density at radius 1 is 1.00 bits per heavy atom. The van der Waals surface area contributed by atoms with Crippen LogP contribution in [0.15, 0.2) is 52.9 Å². The van der Waals surface area contributed by atoms with Gasteiger partial charge in [-0.3, -0.25) is 0 Å². The quantitative estimate of drug-likeness (QED) is 0.679. The van der Waals surface area contributed by atoms with E-state index in [9.17, 15) is 0 Å². The molecule has 0 radical (unpaired) electrons. The van der Waals surface area contributed by atoms with E-state index >= 15 is 0 Å². The predicted octanol–water partition coefficient (Wildman–Crippen LogP) is 2.89. The van der Waals surface area contributed by atoms with Crippen molar-refractivity contribution in [3.63, 3.8) is 0 Å². The van der Waals surface area contributed by atoms with E-state index in [0.717, 1.165) is 0 Å². The van der Waals surface area contributed by atoms with Crippen LogP contribution in [0, 0.1) is 0 Å². The Hall–Kier alpha value is -1.08. The van der Waals surface area contributed by atoms with E-state index in [4.69, 9.17) is 0 Å². The Bertz CT molecular complexity index is 387. The van der Waals surface area contributed by atoms with E-state index in [1.165, 1.54) is 12.8 Å². The highest BCUT2D eigenvalue weighted by Gasteiger charge is 2.20. The molecule has 0 aromatic heterocycles. The Labute approximate surface area is 93.9 Å². The molecule has 0 aliphatic carbocycles. The Kier molecular flexibility index (Phi) is 3.22. The summed E-state index contributed by atoms with van der Waals surface area (Å²) in [6.45, 7) is 4.55. The van der Waals surface area contributed by atoms with Crippen molar-refractivity contribution in [2.45, 2.75) is 26.7 Å². The molecule has 15 heavy (non-hydrogen) atoms. The van der Waals surface area contributed by atoms with Gasteiger partial charge in [0.25, 0.3) is 0 Å². The maximum Gasteiger partial charge on any atom is 0.121 e. The lowest BCUT2D eigenvalue weighted by Gasteiger charge is -2.12. The third kappa shape index (κ3) is 1.98. The standard InChI is InChI=1S/C14H18Si/c1-3-12-10-11-15(14(12)4-2)13-8-6-5-7-9-13/h5-11,15H,3-4H2,1-2H3. The van der Waals surface area contributed by atoms with Gasteiger partial charge >= 0.3 is 0 Å². The van der Waals surface area contributed by atoms with Gasteiger partial charge in [-0.05, 0) is 12.8 Å². The first-order valence-electron chi connectivity index (χ1n) is 5.81. The third-order valence-electron chi connectivity index (χ3n) is 3.20. The average molecular weight is 214 g/mol. The van der Waals surface area contributed by atoms with Crippen molar-refractivity contribution in [1.82, 2.24) is 0 Å². The molecule has 1 aliphatic heterocycles. The van der Waals surface area contributed by atoms with E-state index in [0.29, 0.717) is 0 Å². The first-order chi connectivity index (χ1) is 7.36. The molecule has 0 nitrogen and oxygen atoms in total. The Balaban J connectivity index is 2.34. The fourth-order valence-electron chi connectivity index (χ4n) is 2.40. The van der Waals surface area contributed by atoms with E-state index in [1.54, 1.807) is 16.0 Å². The number of rotatable bonds is 3. The molecule has 1 heterocycles. The van der Waals surface area contributed by atoms with Gasteiger partial charge in [0.1, 0.15) is 8.80 Å². The monoisotopic (exact) mass is 214 g/mol. The van der Waals surface area contributed by atoms with E-state index in [1.807, 2.05) is 0 Å². The van der Waals surface area contributed by atoms with E-state index in [-0.39, 0.29) is 0 Å². The highest BCUT2D eigenvalue weighted by Crippen LogP contribution is 2.23. The Morgan fingerprint density at radius 2 is 1.73 bits per heavy atom. The molecule has 1 aromatic rings. The van der Waals surface area contributed by atoms with Crippen molar-refractivity contribution in [1.29, 1.82) is 0 Å². The van der Waals surface area contributed by atoms with Crippen LogP contribution >= 0.6 is 0 Å². The van der Waals surface area contributed by atoms with Crippen molar-refractivity contribution < 1.29 is 0 Å². The first kappa shape index (κ1) is 10.4. The second-order valence-electron chi connectivity index (χ2n) is 4.01. The summed E-state index contributed by atoms with van der Waals surface area (Å²) in [5, 5.41) is 3.30. The van der Waals surface area contributed by atoms with Crippen molar-refractivity contribution in [3.05, 3.63) is 52.9 Å². The molecule has 1 unspecified atom stereocenters. The van der Waals surface area contributed by atoms with Crippen LogP contribution in [0.5, 0.6) is 0 Å². The second kappa shape index (κ2) is 4.62. The fraction of sp³-hybridized carbons (Fsp3) is 0.286. The highest BCUT2D eigenvalue weighted by atomic mass is 28.3. The minimum Gasteiger partial charge on any atom is -0.0888 e. The molecule has 0 fully saturated rings. The third-order valence-corrected chi connectivity index (χ3v) is 6.41. The molecule has 2 rings (SSSR count). The Morgan fingerprint density at radius 3 is 2.33 bits per heavy atom. The van der Waals surface area contributed by atoms with Crippen LogP contribution in [0.4, 0.5) is 0 Å².